The minimum Gasteiger partial charge on any atom is -0.482 e. The van der Waals surface area contributed by atoms with Gasteiger partial charge in [-0.15, -0.1) is 0 Å². The van der Waals surface area contributed by atoms with Crippen LogP contribution in [0.1, 0.15) is 21.5 Å². The molecule has 140 valence electrons. The first-order valence-corrected chi connectivity index (χ1v) is 8.06. The molecule has 0 aliphatic carbocycles. The molecule has 0 spiro atoms. The van der Waals surface area contributed by atoms with E-state index in [9.17, 15) is 14.4 Å². The first-order chi connectivity index (χ1) is 13.0. The molecule has 0 aliphatic heterocycles. The zero-order valence-corrected chi connectivity index (χ0v) is 14.6. The minimum atomic E-state index is -1.06. The molecule has 0 radical (unpaired) electrons. The summed E-state index contributed by atoms with van der Waals surface area (Å²) in [7, 11) is 0. The van der Waals surface area contributed by atoms with Gasteiger partial charge in [-0.05, 0) is 48.4 Å². The fourth-order valence-corrected chi connectivity index (χ4v) is 2.10. The van der Waals surface area contributed by atoms with Gasteiger partial charge in [0.15, 0.2) is 6.61 Å². The van der Waals surface area contributed by atoms with E-state index in [4.69, 9.17) is 9.84 Å². The molecule has 0 heterocycles. The molecule has 0 bridgehead atoms. The van der Waals surface area contributed by atoms with Crippen LogP contribution < -0.4 is 15.5 Å². The third-order valence-electron chi connectivity index (χ3n) is 3.44. The van der Waals surface area contributed by atoms with Crippen molar-refractivity contribution < 1.29 is 24.2 Å². The summed E-state index contributed by atoms with van der Waals surface area (Å²) in [5, 5.41) is 14.9. The van der Waals surface area contributed by atoms with Gasteiger partial charge in [0.2, 0.25) is 0 Å². The average molecular weight is 369 g/mol. The van der Waals surface area contributed by atoms with Crippen molar-refractivity contribution >= 4 is 24.0 Å². The highest BCUT2D eigenvalue weighted by atomic mass is 16.5. The van der Waals surface area contributed by atoms with Crippen LogP contribution in [-0.2, 0) is 9.59 Å². The maximum Gasteiger partial charge on any atom is 0.341 e. The molecule has 8 heteroatoms. The van der Waals surface area contributed by atoms with E-state index in [2.05, 4.69) is 15.8 Å². The van der Waals surface area contributed by atoms with E-state index < -0.39 is 18.5 Å². The Morgan fingerprint density at radius 2 is 1.81 bits per heavy atom. The van der Waals surface area contributed by atoms with Gasteiger partial charge in [-0.1, -0.05) is 18.2 Å². The lowest BCUT2D eigenvalue weighted by atomic mass is 10.1. The quantitative estimate of drug-likeness (QED) is 0.479. The molecular weight excluding hydrogens is 350 g/mol. The molecule has 0 atom stereocenters. The number of hydrazone groups is 1. The monoisotopic (exact) mass is 369 g/mol. The number of carbonyl (C=O) groups excluding carboxylic acids is 2. The van der Waals surface area contributed by atoms with Crippen molar-refractivity contribution in [2.75, 3.05) is 13.2 Å². The van der Waals surface area contributed by atoms with Crippen molar-refractivity contribution in [3.05, 3.63) is 65.2 Å². The summed E-state index contributed by atoms with van der Waals surface area (Å²) in [4.78, 5) is 34.2. The lowest BCUT2D eigenvalue weighted by Crippen LogP contribution is -2.35. The molecule has 0 saturated carbocycles. The number of nitrogens with one attached hydrogen (secondary N) is 2. The van der Waals surface area contributed by atoms with Crippen molar-refractivity contribution in [3.8, 4) is 5.75 Å². The molecule has 0 unspecified atom stereocenters. The van der Waals surface area contributed by atoms with Crippen LogP contribution in [-0.4, -0.2) is 42.3 Å². The fourth-order valence-electron chi connectivity index (χ4n) is 2.10. The van der Waals surface area contributed by atoms with Crippen LogP contribution in [0.4, 0.5) is 0 Å². The topological polar surface area (TPSA) is 117 Å². The zero-order chi connectivity index (χ0) is 19.6. The van der Waals surface area contributed by atoms with Crippen LogP contribution in [0.3, 0.4) is 0 Å². The van der Waals surface area contributed by atoms with Gasteiger partial charge in [0.05, 0.1) is 12.8 Å². The number of hydrogen-bond acceptors (Lipinski definition) is 5. The molecule has 8 nitrogen and oxygen atoms in total. The Balaban J connectivity index is 1.77. The average Bonchev–Trinajstić information content (AvgIpc) is 2.66. The standard InChI is InChI=1S/C19H19N3O5/c1-13-4-2-3-5-16(13)19(26)20-11-17(23)22-21-10-14-6-8-15(9-7-14)27-12-18(24)25/h2-10H,11-12H2,1H3,(H,20,26)(H,22,23)(H,24,25)/b21-10-. The summed E-state index contributed by atoms with van der Waals surface area (Å²) in [6.07, 6.45) is 1.42. The predicted molar refractivity (Wildman–Crippen MR) is 98.8 cm³/mol. The van der Waals surface area contributed by atoms with Gasteiger partial charge in [0, 0.05) is 5.56 Å². The van der Waals surface area contributed by atoms with Crippen LogP contribution in [0.5, 0.6) is 5.75 Å². The predicted octanol–water partition coefficient (Wildman–Crippen LogP) is 1.34. The summed E-state index contributed by atoms with van der Waals surface area (Å²) in [5.74, 6) is -1.44. The lowest BCUT2D eigenvalue weighted by molar-refractivity contribution is -0.139. The third-order valence-corrected chi connectivity index (χ3v) is 3.44. The molecule has 0 aromatic heterocycles. The summed E-state index contributed by atoms with van der Waals surface area (Å²) in [5.41, 5.74) is 4.33. The van der Waals surface area contributed by atoms with Gasteiger partial charge in [-0.2, -0.15) is 5.10 Å². The largest absolute Gasteiger partial charge is 0.482 e. The van der Waals surface area contributed by atoms with Crippen LogP contribution in [0.2, 0.25) is 0 Å². The summed E-state index contributed by atoms with van der Waals surface area (Å²) < 4.78 is 5.01. The second-order valence-electron chi connectivity index (χ2n) is 5.54. The van der Waals surface area contributed by atoms with E-state index in [0.717, 1.165) is 5.56 Å². The normalized spacial score (nSPS) is 10.4. The second kappa shape index (κ2) is 9.71. The first-order valence-electron chi connectivity index (χ1n) is 8.06. The number of benzene rings is 2. The number of rotatable bonds is 8. The maximum atomic E-state index is 12.0. The Kier molecular flexibility index (Phi) is 7.07. The van der Waals surface area contributed by atoms with E-state index in [-0.39, 0.29) is 12.5 Å². The Bertz CT molecular complexity index is 847. The van der Waals surface area contributed by atoms with Gasteiger partial charge in [0.25, 0.3) is 11.8 Å². The lowest BCUT2D eigenvalue weighted by Gasteiger charge is -2.06. The molecule has 2 rings (SSSR count). The smallest absolute Gasteiger partial charge is 0.341 e. The Morgan fingerprint density at radius 1 is 1.11 bits per heavy atom. The Morgan fingerprint density at radius 3 is 2.48 bits per heavy atom. The number of aliphatic carboxylic acids is 1. The van der Waals surface area contributed by atoms with Gasteiger partial charge in [0.1, 0.15) is 5.75 Å². The first kappa shape index (κ1) is 19.6. The summed E-state index contributed by atoms with van der Waals surface area (Å²) in [6, 6.07) is 13.6. The van der Waals surface area contributed by atoms with E-state index >= 15 is 0 Å². The summed E-state index contributed by atoms with van der Waals surface area (Å²) in [6.45, 7) is 1.20. The van der Waals surface area contributed by atoms with Crippen molar-refractivity contribution in [2.45, 2.75) is 6.92 Å². The van der Waals surface area contributed by atoms with Crippen LogP contribution in [0, 0.1) is 6.92 Å². The van der Waals surface area contributed by atoms with Crippen molar-refractivity contribution in [1.29, 1.82) is 0 Å². The third kappa shape index (κ3) is 6.62. The van der Waals surface area contributed by atoms with Gasteiger partial charge in [-0.3, -0.25) is 9.59 Å². The molecule has 0 fully saturated rings. The Labute approximate surface area is 155 Å². The molecule has 2 amide bonds. The fraction of sp³-hybridized carbons (Fsp3) is 0.158. The van der Waals surface area contributed by atoms with E-state index in [1.165, 1.54) is 6.21 Å². The zero-order valence-electron chi connectivity index (χ0n) is 14.6. The van der Waals surface area contributed by atoms with Crippen LogP contribution in [0.25, 0.3) is 0 Å². The van der Waals surface area contributed by atoms with E-state index in [1.807, 2.05) is 19.1 Å². The van der Waals surface area contributed by atoms with Crippen molar-refractivity contribution in [1.82, 2.24) is 10.7 Å². The molecule has 2 aromatic rings. The minimum absolute atomic E-state index is 0.202. The second-order valence-corrected chi connectivity index (χ2v) is 5.54. The number of ether oxygens (including phenoxy) is 1. The van der Waals surface area contributed by atoms with Gasteiger partial charge >= 0.3 is 5.97 Å². The number of carboxylic acids is 1. The van der Waals surface area contributed by atoms with Crippen LogP contribution >= 0.6 is 0 Å². The highest BCUT2D eigenvalue weighted by Gasteiger charge is 2.09. The van der Waals surface area contributed by atoms with Gasteiger partial charge in [-0.25, -0.2) is 10.2 Å². The number of carbonyl (C=O) groups is 3. The molecular formula is C19H19N3O5. The number of carboxylic acid groups (broad SMARTS) is 1. The highest BCUT2D eigenvalue weighted by molar-refractivity contribution is 5.97. The molecule has 27 heavy (non-hydrogen) atoms. The van der Waals surface area contributed by atoms with Crippen molar-refractivity contribution in [2.24, 2.45) is 5.10 Å². The number of amides is 2. The number of aryl methyl sites for hydroxylation is 1. The molecule has 2 aromatic carbocycles. The number of hydrogen-bond donors (Lipinski definition) is 3. The van der Waals surface area contributed by atoms with Crippen LogP contribution in [0.15, 0.2) is 53.6 Å². The summed E-state index contributed by atoms with van der Waals surface area (Å²) >= 11 is 0. The molecule has 0 aliphatic rings. The SMILES string of the molecule is Cc1ccccc1C(=O)NCC(=O)N/N=C\c1ccc(OCC(=O)O)cc1. The van der Waals surface area contributed by atoms with E-state index in [0.29, 0.717) is 16.9 Å². The molecule has 0 saturated heterocycles. The van der Waals surface area contributed by atoms with E-state index in [1.54, 1.807) is 36.4 Å². The van der Waals surface area contributed by atoms with Crippen molar-refractivity contribution in [3.63, 3.8) is 0 Å². The maximum absolute atomic E-state index is 12.0. The number of nitrogens with zero attached hydrogens (tertiary/aromatic N) is 1. The molecule has 3 N–H and O–H groups in total. The van der Waals surface area contributed by atoms with Gasteiger partial charge < -0.3 is 15.2 Å². The Hall–Kier alpha value is -3.68. The highest BCUT2D eigenvalue weighted by Crippen LogP contribution is 2.10.